The standard InChI is InChI=1S/C16H32N2/c1-4-17-15-9-7-5-6-8-10-16(15)18(3)12-14-11-13(14)2/h13-17H,4-12H2,1-3H3. The highest BCUT2D eigenvalue weighted by atomic mass is 15.2. The maximum atomic E-state index is 3.75. The Hall–Kier alpha value is -0.0800. The van der Waals surface area contributed by atoms with Crippen molar-refractivity contribution in [3.8, 4) is 0 Å². The molecule has 0 radical (unpaired) electrons. The maximum absolute atomic E-state index is 3.75. The molecule has 4 unspecified atom stereocenters. The molecule has 2 fully saturated rings. The summed E-state index contributed by atoms with van der Waals surface area (Å²) in [5.41, 5.74) is 0. The highest BCUT2D eigenvalue weighted by Crippen LogP contribution is 2.38. The molecule has 2 aliphatic carbocycles. The van der Waals surface area contributed by atoms with Crippen LogP contribution < -0.4 is 5.32 Å². The molecule has 0 aromatic heterocycles. The molecule has 2 heteroatoms. The molecule has 2 saturated carbocycles. The summed E-state index contributed by atoms with van der Waals surface area (Å²) in [7, 11) is 2.36. The molecule has 2 rings (SSSR count). The lowest BCUT2D eigenvalue weighted by Crippen LogP contribution is -2.49. The van der Waals surface area contributed by atoms with E-state index < -0.39 is 0 Å². The fourth-order valence-electron chi connectivity index (χ4n) is 3.65. The Morgan fingerprint density at radius 1 is 1.11 bits per heavy atom. The Labute approximate surface area is 114 Å². The number of rotatable bonds is 5. The zero-order chi connectivity index (χ0) is 13.0. The molecule has 18 heavy (non-hydrogen) atoms. The lowest BCUT2D eigenvalue weighted by molar-refractivity contribution is 0.156. The smallest absolute Gasteiger partial charge is 0.0246 e. The summed E-state index contributed by atoms with van der Waals surface area (Å²) < 4.78 is 0. The second kappa shape index (κ2) is 6.91. The largest absolute Gasteiger partial charge is 0.313 e. The Morgan fingerprint density at radius 2 is 1.78 bits per heavy atom. The van der Waals surface area contributed by atoms with E-state index in [0.29, 0.717) is 0 Å². The first-order valence-electron chi connectivity index (χ1n) is 8.16. The zero-order valence-corrected chi connectivity index (χ0v) is 12.6. The molecule has 0 amide bonds. The van der Waals surface area contributed by atoms with E-state index in [2.05, 4.69) is 31.1 Å². The van der Waals surface area contributed by atoms with Crippen molar-refractivity contribution in [3.05, 3.63) is 0 Å². The van der Waals surface area contributed by atoms with Crippen LogP contribution in [0.3, 0.4) is 0 Å². The minimum Gasteiger partial charge on any atom is -0.313 e. The quantitative estimate of drug-likeness (QED) is 0.808. The highest BCUT2D eigenvalue weighted by Gasteiger charge is 2.35. The van der Waals surface area contributed by atoms with Crippen molar-refractivity contribution in [1.82, 2.24) is 10.2 Å². The van der Waals surface area contributed by atoms with Gasteiger partial charge in [-0.25, -0.2) is 0 Å². The predicted octanol–water partition coefficient (Wildman–Crippen LogP) is 3.28. The molecule has 4 atom stereocenters. The number of nitrogens with zero attached hydrogens (tertiary/aromatic N) is 1. The van der Waals surface area contributed by atoms with Gasteiger partial charge in [-0.05, 0) is 44.7 Å². The van der Waals surface area contributed by atoms with Crippen molar-refractivity contribution in [2.75, 3.05) is 20.1 Å². The van der Waals surface area contributed by atoms with Crippen LogP contribution >= 0.6 is 0 Å². The fourth-order valence-corrected chi connectivity index (χ4v) is 3.65. The Kier molecular flexibility index (Phi) is 5.50. The SMILES string of the molecule is CCNC1CCCCCCC1N(C)CC1CC1C. The predicted molar refractivity (Wildman–Crippen MR) is 78.9 cm³/mol. The normalized spacial score (nSPS) is 37.3. The average Bonchev–Trinajstić information content (AvgIpc) is 2.98. The molecule has 0 aliphatic heterocycles. The van der Waals surface area contributed by atoms with Gasteiger partial charge in [0.25, 0.3) is 0 Å². The monoisotopic (exact) mass is 252 g/mol. The van der Waals surface area contributed by atoms with E-state index >= 15 is 0 Å². The molecule has 2 nitrogen and oxygen atoms in total. The summed E-state index contributed by atoms with van der Waals surface area (Å²) >= 11 is 0. The van der Waals surface area contributed by atoms with E-state index in [1.165, 1.54) is 51.5 Å². The summed E-state index contributed by atoms with van der Waals surface area (Å²) in [4.78, 5) is 2.67. The third-order valence-corrected chi connectivity index (χ3v) is 5.06. The lowest BCUT2D eigenvalue weighted by Gasteiger charge is -2.37. The van der Waals surface area contributed by atoms with Crippen molar-refractivity contribution >= 4 is 0 Å². The van der Waals surface area contributed by atoms with Gasteiger partial charge in [-0.2, -0.15) is 0 Å². The van der Waals surface area contributed by atoms with Crippen LogP contribution in [-0.4, -0.2) is 37.1 Å². The van der Waals surface area contributed by atoms with E-state index in [0.717, 1.165) is 30.5 Å². The summed E-state index contributed by atoms with van der Waals surface area (Å²) in [6.07, 6.45) is 9.97. The molecule has 0 aromatic rings. The van der Waals surface area contributed by atoms with E-state index in [-0.39, 0.29) is 0 Å². The first-order valence-corrected chi connectivity index (χ1v) is 8.16. The summed E-state index contributed by atoms with van der Waals surface area (Å²) in [5.74, 6) is 1.97. The van der Waals surface area contributed by atoms with Crippen LogP contribution in [-0.2, 0) is 0 Å². The van der Waals surface area contributed by atoms with Crippen LogP contribution in [0.2, 0.25) is 0 Å². The van der Waals surface area contributed by atoms with Gasteiger partial charge in [-0.3, -0.25) is 0 Å². The molecule has 0 bridgehead atoms. The molecule has 0 heterocycles. The van der Waals surface area contributed by atoms with Gasteiger partial charge in [0.15, 0.2) is 0 Å². The van der Waals surface area contributed by atoms with Crippen molar-refractivity contribution < 1.29 is 0 Å². The molecule has 0 aromatic carbocycles. The average molecular weight is 252 g/mol. The second-order valence-corrected chi connectivity index (χ2v) is 6.64. The number of likely N-dealkylation sites (N-methyl/N-ethyl adjacent to an activating group) is 2. The van der Waals surface area contributed by atoms with E-state index in [9.17, 15) is 0 Å². The van der Waals surface area contributed by atoms with Gasteiger partial charge >= 0.3 is 0 Å². The van der Waals surface area contributed by atoms with Crippen LogP contribution in [0.15, 0.2) is 0 Å². The number of hydrogen-bond acceptors (Lipinski definition) is 2. The fraction of sp³-hybridized carbons (Fsp3) is 1.00. The summed E-state index contributed by atoms with van der Waals surface area (Å²) in [6.45, 7) is 7.10. The number of nitrogens with one attached hydrogen (secondary N) is 1. The zero-order valence-electron chi connectivity index (χ0n) is 12.6. The molecule has 2 aliphatic rings. The van der Waals surface area contributed by atoms with Crippen LogP contribution in [0.4, 0.5) is 0 Å². The van der Waals surface area contributed by atoms with Crippen LogP contribution in [0.5, 0.6) is 0 Å². The van der Waals surface area contributed by atoms with Gasteiger partial charge in [-0.1, -0.05) is 39.5 Å². The molecule has 0 saturated heterocycles. The first-order chi connectivity index (χ1) is 8.72. The minimum atomic E-state index is 0.731. The molecular formula is C16H32N2. The maximum Gasteiger partial charge on any atom is 0.0246 e. The van der Waals surface area contributed by atoms with Crippen molar-refractivity contribution in [2.24, 2.45) is 11.8 Å². The van der Waals surface area contributed by atoms with Gasteiger partial charge in [0.2, 0.25) is 0 Å². The summed E-state index contributed by atoms with van der Waals surface area (Å²) in [6, 6.07) is 1.51. The highest BCUT2D eigenvalue weighted by molar-refractivity contribution is 4.90. The molecule has 106 valence electrons. The van der Waals surface area contributed by atoms with Gasteiger partial charge in [0, 0.05) is 18.6 Å². The van der Waals surface area contributed by atoms with E-state index in [1.807, 2.05) is 0 Å². The Balaban J connectivity index is 1.89. The van der Waals surface area contributed by atoms with E-state index in [4.69, 9.17) is 0 Å². The number of hydrogen-bond donors (Lipinski definition) is 1. The van der Waals surface area contributed by atoms with Gasteiger partial charge in [0.1, 0.15) is 0 Å². The third kappa shape index (κ3) is 3.96. The van der Waals surface area contributed by atoms with Crippen LogP contribution in [0.25, 0.3) is 0 Å². The van der Waals surface area contributed by atoms with Crippen LogP contribution in [0, 0.1) is 11.8 Å². The topological polar surface area (TPSA) is 15.3 Å². The van der Waals surface area contributed by atoms with Crippen molar-refractivity contribution in [1.29, 1.82) is 0 Å². The lowest BCUT2D eigenvalue weighted by atomic mass is 9.91. The van der Waals surface area contributed by atoms with Gasteiger partial charge < -0.3 is 10.2 Å². The molecule has 0 spiro atoms. The summed E-state index contributed by atoms with van der Waals surface area (Å²) in [5, 5.41) is 3.75. The van der Waals surface area contributed by atoms with E-state index in [1.54, 1.807) is 0 Å². The van der Waals surface area contributed by atoms with Crippen molar-refractivity contribution in [2.45, 2.75) is 70.9 Å². The third-order valence-electron chi connectivity index (χ3n) is 5.06. The minimum absolute atomic E-state index is 0.731. The Bertz CT molecular complexity index is 241. The first kappa shape index (κ1) is 14.3. The Morgan fingerprint density at radius 3 is 2.39 bits per heavy atom. The molecule has 1 N–H and O–H groups in total. The van der Waals surface area contributed by atoms with Crippen LogP contribution in [0.1, 0.15) is 58.8 Å². The second-order valence-electron chi connectivity index (χ2n) is 6.64. The van der Waals surface area contributed by atoms with Gasteiger partial charge in [-0.15, -0.1) is 0 Å². The van der Waals surface area contributed by atoms with Gasteiger partial charge in [0.05, 0.1) is 0 Å². The molecular weight excluding hydrogens is 220 g/mol. The van der Waals surface area contributed by atoms with Crippen molar-refractivity contribution in [3.63, 3.8) is 0 Å².